The van der Waals surface area contributed by atoms with E-state index in [1.54, 1.807) is 24.3 Å². The third kappa shape index (κ3) is 3.43. The molecule has 6 nitrogen and oxygen atoms in total. The molecule has 1 heterocycles. The van der Waals surface area contributed by atoms with Crippen LogP contribution in [0.25, 0.3) is 11.1 Å². The Kier molecular flexibility index (Phi) is 4.29. The maximum atomic E-state index is 12.2. The summed E-state index contributed by atoms with van der Waals surface area (Å²) >= 11 is 0. The Hall–Kier alpha value is -3.15. The molecule has 0 aliphatic heterocycles. The average molecular weight is 324 g/mol. The van der Waals surface area contributed by atoms with E-state index in [1.165, 1.54) is 19.4 Å². The fourth-order valence-electron chi connectivity index (χ4n) is 2.14. The predicted octanol–water partition coefficient (Wildman–Crippen LogP) is 3.32. The number of ether oxygens (including phenoxy) is 1. The van der Waals surface area contributed by atoms with Crippen LogP contribution < -0.4 is 5.32 Å². The van der Waals surface area contributed by atoms with Gasteiger partial charge in [-0.3, -0.25) is 4.79 Å². The Morgan fingerprint density at radius 2 is 1.92 bits per heavy atom. The second kappa shape index (κ2) is 6.54. The maximum Gasteiger partial charge on any atom is 0.339 e. The number of carbonyl (C=O) groups excluding carboxylic acids is 2. The number of benzene rings is 2. The molecule has 6 heteroatoms. The van der Waals surface area contributed by atoms with Gasteiger partial charge >= 0.3 is 5.97 Å². The monoisotopic (exact) mass is 324 g/mol. The van der Waals surface area contributed by atoms with Gasteiger partial charge in [0.05, 0.1) is 5.56 Å². The zero-order chi connectivity index (χ0) is 17.1. The summed E-state index contributed by atoms with van der Waals surface area (Å²) < 4.78 is 10.4. The largest absolute Gasteiger partial charge is 0.449 e. The highest BCUT2D eigenvalue weighted by atomic mass is 16.5. The number of carbonyl (C=O) groups is 2. The van der Waals surface area contributed by atoms with Crippen LogP contribution in [-0.2, 0) is 9.53 Å². The Morgan fingerprint density at radius 3 is 2.67 bits per heavy atom. The summed E-state index contributed by atoms with van der Waals surface area (Å²) in [6.07, 6.45) is 0.376. The van der Waals surface area contributed by atoms with Crippen molar-refractivity contribution < 1.29 is 18.7 Å². The molecule has 0 aliphatic carbocycles. The molecule has 0 bridgehead atoms. The van der Waals surface area contributed by atoms with Crippen molar-refractivity contribution in [2.24, 2.45) is 0 Å². The van der Waals surface area contributed by atoms with E-state index in [0.717, 1.165) is 5.56 Å². The number of rotatable bonds is 4. The number of aromatic nitrogens is 1. The minimum absolute atomic E-state index is 0.300. The number of nitrogens with one attached hydrogen (secondary N) is 1. The number of hydrogen-bond donors (Lipinski definition) is 1. The van der Waals surface area contributed by atoms with E-state index in [1.807, 2.05) is 19.1 Å². The molecule has 1 aromatic heterocycles. The van der Waals surface area contributed by atoms with E-state index in [4.69, 9.17) is 9.15 Å². The van der Waals surface area contributed by atoms with Gasteiger partial charge in [-0.2, -0.15) is 0 Å². The van der Waals surface area contributed by atoms with E-state index < -0.39 is 18.0 Å². The van der Waals surface area contributed by atoms with Gasteiger partial charge in [0.15, 0.2) is 18.1 Å². The molecule has 24 heavy (non-hydrogen) atoms. The van der Waals surface area contributed by atoms with Gasteiger partial charge < -0.3 is 14.5 Å². The summed E-state index contributed by atoms with van der Waals surface area (Å²) in [5.74, 6) is -0.993. The molecular formula is C18H16N2O4. The van der Waals surface area contributed by atoms with Gasteiger partial charge in [-0.25, -0.2) is 9.78 Å². The topological polar surface area (TPSA) is 81.4 Å². The van der Waals surface area contributed by atoms with E-state index >= 15 is 0 Å². The fourth-order valence-corrected chi connectivity index (χ4v) is 2.14. The summed E-state index contributed by atoms with van der Waals surface area (Å²) in [4.78, 5) is 28.3. The molecule has 1 unspecified atom stereocenters. The van der Waals surface area contributed by atoms with Gasteiger partial charge in [0.1, 0.15) is 5.52 Å². The van der Waals surface area contributed by atoms with Crippen LogP contribution in [0, 0.1) is 6.92 Å². The molecular weight excluding hydrogens is 308 g/mol. The summed E-state index contributed by atoms with van der Waals surface area (Å²) in [7, 11) is 0. The number of esters is 1. The van der Waals surface area contributed by atoms with Crippen LogP contribution in [-0.4, -0.2) is 23.0 Å². The highest BCUT2D eigenvalue weighted by molar-refractivity contribution is 5.98. The lowest BCUT2D eigenvalue weighted by Gasteiger charge is -2.13. The molecule has 0 fully saturated rings. The van der Waals surface area contributed by atoms with Crippen LogP contribution >= 0.6 is 0 Å². The van der Waals surface area contributed by atoms with Gasteiger partial charge in [-0.15, -0.1) is 0 Å². The Bertz CT molecular complexity index is 883. The Balaban J connectivity index is 1.64. The first kappa shape index (κ1) is 15.7. The number of hydrogen-bond acceptors (Lipinski definition) is 5. The SMILES string of the molecule is Cc1ccc(NC(=O)C(C)OC(=O)c2ccc3ncoc3c2)cc1. The smallest absolute Gasteiger partial charge is 0.339 e. The number of fused-ring (bicyclic) bond motifs is 1. The normalized spacial score (nSPS) is 11.9. The van der Waals surface area contributed by atoms with Crippen LogP contribution in [0.5, 0.6) is 0 Å². The Labute approximate surface area is 138 Å². The van der Waals surface area contributed by atoms with Crippen molar-refractivity contribution in [3.63, 3.8) is 0 Å². The summed E-state index contributed by atoms with van der Waals surface area (Å²) in [5, 5.41) is 2.71. The number of nitrogens with zero attached hydrogens (tertiary/aromatic N) is 1. The maximum absolute atomic E-state index is 12.2. The minimum Gasteiger partial charge on any atom is -0.449 e. The molecule has 1 N–H and O–H groups in total. The molecule has 1 atom stereocenters. The van der Waals surface area contributed by atoms with Crippen LogP contribution in [0.2, 0.25) is 0 Å². The van der Waals surface area contributed by atoms with Gasteiger partial charge in [0.2, 0.25) is 0 Å². The second-order valence-electron chi connectivity index (χ2n) is 5.44. The van der Waals surface area contributed by atoms with Crippen molar-refractivity contribution in [1.29, 1.82) is 0 Å². The lowest BCUT2D eigenvalue weighted by Crippen LogP contribution is -2.30. The molecule has 0 radical (unpaired) electrons. The zero-order valence-electron chi connectivity index (χ0n) is 13.3. The van der Waals surface area contributed by atoms with Crippen LogP contribution in [0.3, 0.4) is 0 Å². The molecule has 1 amide bonds. The van der Waals surface area contributed by atoms with Gasteiger partial charge in [-0.05, 0) is 44.2 Å². The number of aryl methyl sites for hydroxylation is 1. The molecule has 0 aliphatic rings. The molecule has 2 aromatic carbocycles. The molecule has 3 rings (SSSR count). The first-order valence-electron chi connectivity index (χ1n) is 7.45. The van der Waals surface area contributed by atoms with E-state index in [-0.39, 0.29) is 0 Å². The third-order valence-electron chi connectivity index (χ3n) is 3.54. The molecule has 3 aromatic rings. The van der Waals surface area contributed by atoms with E-state index in [0.29, 0.717) is 22.4 Å². The first-order valence-corrected chi connectivity index (χ1v) is 7.45. The summed E-state index contributed by atoms with van der Waals surface area (Å²) in [5.41, 5.74) is 3.18. The van der Waals surface area contributed by atoms with Crippen molar-refractivity contribution in [3.8, 4) is 0 Å². The van der Waals surface area contributed by atoms with E-state index in [9.17, 15) is 9.59 Å². The van der Waals surface area contributed by atoms with Crippen molar-refractivity contribution in [1.82, 2.24) is 4.98 Å². The van der Waals surface area contributed by atoms with E-state index in [2.05, 4.69) is 10.3 Å². The van der Waals surface area contributed by atoms with Crippen LogP contribution in [0.1, 0.15) is 22.8 Å². The second-order valence-corrected chi connectivity index (χ2v) is 5.44. The lowest BCUT2D eigenvalue weighted by atomic mass is 10.2. The number of oxazole rings is 1. The predicted molar refractivity (Wildman–Crippen MR) is 88.7 cm³/mol. The standard InChI is InChI=1S/C18H16N2O4/c1-11-3-6-14(7-4-11)20-17(21)12(2)24-18(22)13-5-8-15-16(9-13)23-10-19-15/h3-10,12H,1-2H3,(H,20,21). The summed E-state index contributed by atoms with van der Waals surface area (Å²) in [6, 6.07) is 12.1. The van der Waals surface area contributed by atoms with Gasteiger partial charge in [0, 0.05) is 5.69 Å². The molecule has 0 saturated heterocycles. The first-order chi connectivity index (χ1) is 11.5. The quantitative estimate of drug-likeness (QED) is 0.745. The van der Waals surface area contributed by atoms with Crippen molar-refractivity contribution in [2.45, 2.75) is 20.0 Å². The number of anilines is 1. The molecule has 122 valence electrons. The van der Waals surface area contributed by atoms with Crippen molar-refractivity contribution in [3.05, 3.63) is 60.0 Å². The molecule has 0 saturated carbocycles. The molecule has 0 spiro atoms. The van der Waals surface area contributed by atoms with Gasteiger partial charge in [-0.1, -0.05) is 17.7 Å². The highest BCUT2D eigenvalue weighted by Gasteiger charge is 2.19. The number of amides is 1. The Morgan fingerprint density at radius 1 is 1.17 bits per heavy atom. The van der Waals surface area contributed by atoms with Gasteiger partial charge in [0.25, 0.3) is 5.91 Å². The third-order valence-corrected chi connectivity index (χ3v) is 3.54. The van der Waals surface area contributed by atoms with Crippen molar-refractivity contribution in [2.75, 3.05) is 5.32 Å². The highest BCUT2D eigenvalue weighted by Crippen LogP contribution is 2.16. The average Bonchev–Trinajstić information content (AvgIpc) is 3.04. The van der Waals surface area contributed by atoms with Crippen molar-refractivity contribution >= 4 is 28.7 Å². The fraction of sp³-hybridized carbons (Fsp3) is 0.167. The van der Waals surface area contributed by atoms with Crippen LogP contribution in [0.15, 0.2) is 53.3 Å². The lowest BCUT2D eigenvalue weighted by molar-refractivity contribution is -0.123. The summed E-state index contributed by atoms with van der Waals surface area (Å²) in [6.45, 7) is 3.48. The van der Waals surface area contributed by atoms with Crippen LogP contribution in [0.4, 0.5) is 5.69 Å². The minimum atomic E-state index is -0.927. The zero-order valence-corrected chi connectivity index (χ0v) is 13.3.